The Morgan fingerprint density at radius 2 is 2.14 bits per heavy atom. The molecule has 1 aromatic heterocycles. The molecular weight excluding hydrogens is 288 g/mol. The van der Waals surface area contributed by atoms with Crippen LogP contribution >= 0.6 is 0 Å². The molecule has 2 rings (SSSR count). The molecule has 0 aliphatic carbocycles. The zero-order valence-corrected chi connectivity index (χ0v) is 12.5. The number of esters is 1. The maximum absolute atomic E-state index is 12.2. The molecule has 0 aliphatic heterocycles. The molecule has 118 valence electrons. The summed E-state index contributed by atoms with van der Waals surface area (Å²) in [7, 11) is 0. The summed E-state index contributed by atoms with van der Waals surface area (Å²) < 4.78 is 15.7. The molecule has 0 saturated heterocycles. The van der Waals surface area contributed by atoms with Crippen molar-refractivity contribution < 1.29 is 23.8 Å². The van der Waals surface area contributed by atoms with Crippen LogP contribution in [0.3, 0.4) is 0 Å². The number of fused-ring (bicyclic) bond motifs is 1. The van der Waals surface area contributed by atoms with Crippen LogP contribution in [0.4, 0.5) is 0 Å². The zero-order valence-electron chi connectivity index (χ0n) is 12.5. The molecule has 6 nitrogen and oxygen atoms in total. The summed E-state index contributed by atoms with van der Waals surface area (Å²) in [6.07, 6.45) is -0.0621. The van der Waals surface area contributed by atoms with Gasteiger partial charge in [0.15, 0.2) is 5.43 Å². The second-order valence-electron chi connectivity index (χ2n) is 4.70. The van der Waals surface area contributed by atoms with Crippen LogP contribution in [-0.4, -0.2) is 30.4 Å². The molecule has 22 heavy (non-hydrogen) atoms. The van der Waals surface area contributed by atoms with Gasteiger partial charge in [0, 0.05) is 6.07 Å². The van der Waals surface area contributed by atoms with Gasteiger partial charge in [0.1, 0.15) is 23.3 Å². The molecule has 1 heterocycles. The zero-order chi connectivity index (χ0) is 16.1. The monoisotopic (exact) mass is 306 g/mol. The van der Waals surface area contributed by atoms with Gasteiger partial charge in [-0.1, -0.05) is 13.0 Å². The lowest BCUT2D eigenvalue weighted by atomic mass is 10.2. The third-order valence-electron chi connectivity index (χ3n) is 3.10. The molecule has 0 saturated carbocycles. The fourth-order valence-electron chi connectivity index (χ4n) is 1.90. The lowest BCUT2D eigenvalue weighted by Crippen LogP contribution is -2.17. The Bertz CT molecular complexity index is 718. The predicted molar refractivity (Wildman–Crippen MR) is 80.2 cm³/mol. The Balaban J connectivity index is 2.41. The van der Waals surface area contributed by atoms with Gasteiger partial charge in [-0.3, -0.25) is 4.79 Å². The van der Waals surface area contributed by atoms with Gasteiger partial charge in [-0.2, -0.15) is 0 Å². The van der Waals surface area contributed by atoms with Gasteiger partial charge in [-0.15, -0.1) is 0 Å². The highest BCUT2D eigenvalue weighted by Gasteiger charge is 2.16. The predicted octanol–water partition coefficient (Wildman–Crippen LogP) is 2.12. The van der Waals surface area contributed by atoms with E-state index in [0.29, 0.717) is 12.2 Å². The van der Waals surface area contributed by atoms with E-state index < -0.39 is 17.5 Å². The Morgan fingerprint density at radius 3 is 2.82 bits per heavy atom. The van der Waals surface area contributed by atoms with Crippen molar-refractivity contribution in [3.05, 3.63) is 40.2 Å². The number of ether oxygens (including phenoxy) is 2. The molecule has 0 fully saturated rings. The minimum Gasteiger partial charge on any atom is -0.490 e. The van der Waals surface area contributed by atoms with Crippen LogP contribution in [0.15, 0.2) is 33.5 Å². The fourth-order valence-corrected chi connectivity index (χ4v) is 1.90. The first-order valence-electron chi connectivity index (χ1n) is 7.11. The van der Waals surface area contributed by atoms with Gasteiger partial charge in [-0.25, -0.2) is 4.79 Å². The average molecular weight is 306 g/mol. The molecule has 0 spiro atoms. The topological polar surface area (TPSA) is 86.0 Å². The van der Waals surface area contributed by atoms with Crippen LogP contribution in [0.2, 0.25) is 0 Å². The van der Waals surface area contributed by atoms with E-state index in [1.54, 1.807) is 25.1 Å². The Hall–Kier alpha value is -2.34. The van der Waals surface area contributed by atoms with E-state index in [4.69, 9.17) is 13.9 Å². The first-order chi connectivity index (χ1) is 10.6. The summed E-state index contributed by atoms with van der Waals surface area (Å²) in [4.78, 5) is 23.9. The van der Waals surface area contributed by atoms with Crippen molar-refractivity contribution in [2.24, 2.45) is 0 Å². The van der Waals surface area contributed by atoms with Gasteiger partial charge in [0.2, 0.25) is 5.76 Å². The van der Waals surface area contributed by atoms with Crippen molar-refractivity contribution in [1.82, 2.24) is 0 Å². The lowest BCUT2D eigenvalue weighted by molar-refractivity contribution is 0.0490. The first kappa shape index (κ1) is 16.0. The van der Waals surface area contributed by atoms with E-state index in [9.17, 15) is 14.7 Å². The molecule has 0 bridgehead atoms. The van der Waals surface area contributed by atoms with E-state index in [-0.39, 0.29) is 29.9 Å². The summed E-state index contributed by atoms with van der Waals surface area (Å²) in [6, 6.07) is 5.92. The molecular formula is C16H18O6. The molecule has 1 N–H and O–H groups in total. The quantitative estimate of drug-likeness (QED) is 0.823. The van der Waals surface area contributed by atoms with Crippen LogP contribution in [0.1, 0.15) is 30.8 Å². The standard InChI is InChI=1S/C16H18O6/c1-3-10(17)9-21-12-6-5-7-13-15(12)11(18)8-14(22-13)16(19)20-4-2/h5-8,10,17H,3-4,9H2,1-2H3. The maximum atomic E-state index is 12.2. The van der Waals surface area contributed by atoms with Gasteiger partial charge >= 0.3 is 5.97 Å². The van der Waals surface area contributed by atoms with E-state index in [1.165, 1.54) is 0 Å². The third kappa shape index (κ3) is 3.46. The average Bonchev–Trinajstić information content (AvgIpc) is 2.52. The van der Waals surface area contributed by atoms with Crippen LogP contribution in [0.25, 0.3) is 11.0 Å². The summed E-state index contributed by atoms with van der Waals surface area (Å²) in [5, 5.41) is 9.78. The summed E-state index contributed by atoms with van der Waals surface area (Å²) in [5.41, 5.74) is -0.162. The van der Waals surface area contributed by atoms with E-state index in [0.717, 1.165) is 6.07 Å². The Labute approximate surface area is 127 Å². The van der Waals surface area contributed by atoms with E-state index in [1.807, 2.05) is 6.92 Å². The van der Waals surface area contributed by atoms with E-state index >= 15 is 0 Å². The van der Waals surface area contributed by atoms with Crippen LogP contribution in [-0.2, 0) is 4.74 Å². The first-order valence-corrected chi connectivity index (χ1v) is 7.11. The maximum Gasteiger partial charge on any atom is 0.374 e. The van der Waals surface area contributed by atoms with Gasteiger partial charge < -0.3 is 19.0 Å². The second-order valence-corrected chi connectivity index (χ2v) is 4.70. The Morgan fingerprint density at radius 1 is 1.36 bits per heavy atom. The molecule has 6 heteroatoms. The van der Waals surface area contributed by atoms with Crippen molar-refractivity contribution in [3.8, 4) is 5.75 Å². The summed E-state index contributed by atoms with van der Waals surface area (Å²) in [6.45, 7) is 3.77. The van der Waals surface area contributed by atoms with Crippen molar-refractivity contribution in [2.75, 3.05) is 13.2 Å². The highest BCUT2D eigenvalue weighted by molar-refractivity contribution is 5.90. The molecule has 1 atom stereocenters. The van der Waals surface area contributed by atoms with Crippen molar-refractivity contribution in [2.45, 2.75) is 26.4 Å². The smallest absolute Gasteiger partial charge is 0.374 e. The summed E-state index contributed by atoms with van der Waals surface area (Å²) >= 11 is 0. The van der Waals surface area contributed by atoms with E-state index in [2.05, 4.69) is 0 Å². The molecule has 2 aromatic rings. The van der Waals surface area contributed by atoms with Gasteiger partial charge in [-0.05, 0) is 25.5 Å². The van der Waals surface area contributed by atoms with Crippen molar-refractivity contribution in [1.29, 1.82) is 0 Å². The van der Waals surface area contributed by atoms with Crippen LogP contribution in [0.5, 0.6) is 5.75 Å². The second kappa shape index (κ2) is 7.09. The highest BCUT2D eigenvalue weighted by Crippen LogP contribution is 2.23. The molecule has 1 unspecified atom stereocenters. The number of carbonyl (C=O) groups is 1. The van der Waals surface area contributed by atoms with Gasteiger partial charge in [0.05, 0.1) is 12.7 Å². The summed E-state index contributed by atoms with van der Waals surface area (Å²) in [5.74, 6) is -0.520. The normalized spacial score (nSPS) is 12.1. The van der Waals surface area contributed by atoms with Crippen molar-refractivity contribution >= 4 is 16.9 Å². The fraction of sp³-hybridized carbons (Fsp3) is 0.375. The van der Waals surface area contributed by atoms with Crippen molar-refractivity contribution in [3.63, 3.8) is 0 Å². The minimum absolute atomic E-state index is 0.0781. The molecule has 0 radical (unpaired) electrons. The number of aliphatic hydroxyl groups excluding tert-OH is 1. The number of benzene rings is 1. The molecule has 0 aliphatic rings. The lowest BCUT2D eigenvalue weighted by Gasteiger charge is -2.12. The van der Waals surface area contributed by atoms with Crippen LogP contribution < -0.4 is 10.2 Å². The molecule has 1 aromatic carbocycles. The van der Waals surface area contributed by atoms with Gasteiger partial charge in [0.25, 0.3) is 0 Å². The number of hydrogen-bond donors (Lipinski definition) is 1. The molecule has 0 amide bonds. The third-order valence-corrected chi connectivity index (χ3v) is 3.10. The number of aliphatic hydroxyl groups is 1. The largest absolute Gasteiger partial charge is 0.490 e. The van der Waals surface area contributed by atoms with Crippen LogP contribution in [0, 0.1) is 0 Å². The number of carbonyl (C=O) groups excluding carboxylic acids is 1. The number of rotatable bonds is 6. The minimum atomic E-state index is -0.686. The highest BCUT2D eigenvalue weighted by atomic mass is 16.5. The number of hydrogen-bond acceptors (Lipinski definition) is 6. The SMILES string of the molecule is CCOC(=O)c1cc(=O)c2c(OCC(O)CC)cccc2o1. The Kier molecular flexibility index (Phi) is 5.16.